The zero-order valence-electron chi connectivity index (χ0n) is 18.1. The van der Waals surface area contributed by atoms with Crippen LogP contribution in [0.15, 0.2) is 91.0 Å². The summed E-state index contributed by atoms with van der Waals surface area (Å²) in [6, 6.07) is 27.6. The maximum atomic E-state index is 10.8. The molecule has 2 aliphatic rings. The summed E-state index contributed by atoms with van der Waals surface area (Å²) in [5, 5.41) is 30.8. The van der Waals surface area contributed by atoms with Crippen molar-refractivity contribution in [3.63, 3.8) is 0 Å². The third-order valence-corrected chi connectivity index (χ3v) is 6.30. The normalized spacial score (nSPS) is 19.8. The molecule has 0 aliphatic carbocycles. The summed E-state index contributed by atoms with van der Waals surface area (Å²) in [4.78, 5) is 0. The summed E-state index contributed by atoms with van der Waals surface area (Å²) in [7, 11) is 0. The fourth-order valence-electron chi connectivity index (χ4n) is 4.66. The maximum absolute atomic E-state index is 10.8. The highest BCUT2D eigenvalue weighted by atomic mass is 16.7. The van der Waals surface area contributed by atoms with Gasteiger partial charge in [-0.05, 0) is 17.7 Å². The SMILES string of the molecule is Oc1cc(O)c2c(c1)O[C@H](c1ccc3c(c1)OC(c1ccccc1)(c1ccccc1)O3)C(O)C2. The number of phenols is 2. The van der Waals surface area contributed by atoms with E-state index in [2.05, 4.69) is 0 Å². The third-order valence-electron chi connectivity index (χ3n) is 6.30. The van der Waals surface area contributed by atoms with Gasteiger partial charge in [-0.1, -0.05) is 66.7 Å². The number of rotatable bonds is 3. The fourth-order valence-corrected chi connectivity index (χ4v) is 4.66. The first-order valence-corrected chi connectivity index (χ1v) is 11.1. The molecule has 4 aromatic carbocycles. The van der Waals surface area contributed by atoms with Gasteiger partial charge in [-0.3, -0.25) is 0 Å². The summed E-state index contributed by atoms with van der Waals surface area (Å²) in [5.41, 5.74) is 2.87. The first kappa shape index (κ1) is 20.4. The zero-order valence-corrected chi connectivity index (χ0v) is 18.1. The van der Waals surface area contributed by atoms with Crippen LogP contribution in [0.1, 0.15) is 28.4 Å². The molecular formula is C28H22O6. The predicted molar refractivity (Wildman–Crippen MR) is 124 cm³/mol. The average Bonchev–Trinajstić information content (AvgIpc) is 3.25. The highest BCUT2D eigenvalue weighted by Crippen LogP contribution is 2.49. The smallest absolute Gasteiger partial charge is 0.305 e. The Morgan fingerprint density at radius 2 is 1.35 bits per heavy atom. The summed E-state index contributed by atoms with van der Waals surface area (Å²) in [6.07, 6.45) is -1.40. The van der Waals surface area contributed by atoms with E-state index >= 15 is 0 Å². The van der Waals surface area contributed by atoms with Crippen LogP contribution in [0.4, 0.5) is 0 Å². The fraction of sp³-hybridized carbons (Fsp3) is 0.143. The van der Waals surface area contributed by atoms with Gasteiger partial charge in [0.2, 0.25) is 0 Å². The Hall–Kier alpha value is -4.16. The molecule has 34 heavy (non-hydrogen) atoms. The first-order valence-electron chi connectivity index (χ1n) is 11.1. The van der Waals surface area contributed by atoms with E-state index in [0.717, 1.165) is 11.1 Å². The van der Waals surface area contributed by atoms with Crippen LogP contribution in [0.5, 0.6) is 28.7 Å². The monoisotopic (exact) mass is 454 g/mol. The van der Waals surface area contributed by atoms with Crippen molar-refractivity contribution in [1.82, 2.24) is 0 Å². The molecule has 0 saturated heterocycles. The van der Waals surface area contributed by atoms with E-state index in [0.29, 0.717) is 28.4 Å². The van der Waals surface area contributed by atoms with Gasteiger partial charge in [0.25, 0.3) is 0 Å². The minimum absolute atomic E-state index is 0.103. The highest BCUT2D eigenvalue weighted by Gasteiger charge is 2.46. The van der Waals surface area contributed by atoms with Gasteiger partial charge in [-0.2, -0.15) is 0 Å². The molecule has 170 valence electrons. The van der Waals surface area contributed by atoms with Crippen LogP contribution in [0.3, 0.4) is 0 Å². The second-order valence-corrected chi connectivity index (χ2v) is 8.51. The molecule has 0 bridgehead atoms. The molecule has 0 spiro atoms. The quantitative estimate of drug-likeness (QED) is 0.412. The Labute approximate surface area is 196 Å². The number of aromatic hydroxyl groups is 2. The lowest BCUT2D eigenvalue weighted by atomic mass is 9.94. The standard InChI is InChI=1S/C28H22O6/c29-20-14-22(30)21-16-23(31)27(32-25(21)15-20)17-11-12-24-26(13-17)34-28(33-24,18-7-3-1-4-8-18)19-9-5-2-6-10-19/h1-15,23,27,29-31H,16H2/t23?,27-/m1/s1. The molecule has 0 amide bonds. The second kappa shape index (κ2) is 7.71. The number of ether oxygens (including phenoxy) is 3. The lowest BCUT2D eigenvalue weighted by Crippen LogP contribution is -2.36. The Bertz CT molecular complexity index is 1310. The minimum Gasteiger partial charge on any atom is -0.508 e. The molecule has 2 atom stereocenters. The molecule has 0 fully saturated rings. The van der Waals surface area contributed by atoms with Crippen LogP contribution < -0.4 is 14.2 Å². The molecule has 1 unspecified atom stereocenters. The van der Waals surface area contributed by atoms with Gasteiger partial charge in [0.15, 0.2) is 11.5 Å². The topological polar surface area (TPSA) is 88.4 Å². The molecule has 0 aromatic heterocycles. The zero-order chi connectivity index (χ0) is 23.3. The van der Waals surface area contributed by atoms with Crippen LogP contribution in [0.25, 0.3) is 0 Å². The van der Waals surface area contributed by atoms with Crippen molar-refractivity contribution in [2.24, 2.45) is 0 Å². The van der Waals surface area contributed by atoms with E-state index in [4.69, 9.17) is 14.2 Å². The van der Waals surface area contributed by atoms with Crippen molar-refractivity contribution < 1.29 is 29.5 Å². The number of phenolic OH excluding ortho intramolecular Hbond substituents is 2. The van der Waals surface area contributed by atoms with Crippen LogP contribution >= 0.6 is 0 Å². The van der Waals surface area contributed by atoms with E-state index in [1.54, 1.807) is 0 Å². The molecule has 6 nitrogen and oxygen atoms in total. The summed E-state index contributed by atoms with van der Waals surface area (Å²) in [5.74, 6) is 0.109. The van der Waals surface area contributed by atoms with Crippen molar-refractivity contribution in [2.45, 2.75) is 24.4 Å². The van der Waals surface area contributed by atoms with E-state index in [1.807, 2.05) is 78.9 Å². The molecule has 6 heteroatoms. The van der Waals surface area contributed by atoms with Gasteiger partial charge in [0.05, 0.1) is 6.10 Å². The van der Waals surface area contributed by atoms with Gasteiger partial charge in [0.1, 0.15) is 23.4 Å². The van der Waals surface area contributed by atoms with Crippen molar-refractivity contribution in [3.8, 4) is 28.7 Å². The predicted octanol–water partition coefficient (Wildman–Crippen LogP) is 4.81. The lowest BCUT2D eigenvalue weighted by molar-refractivity contribution is -0.0459. The number of aliphatic hydroxyl groups is 1. The number of fused-ring (bicyclic) bond motifs is 2. The van der Waals surface area contributed by atoms with Crippen LogP contribution in [-0.2, 0) is 12.2 Å². The van der Waals surface area contributed by atoms with Crippen LogP contribution in [0, 0.1) is 0 Å². The first-order chi connectivity index (χ1) is 16.5. The summed E-state index contributed by atoms with van der Waals surface area (Å²) in [6.45, 7) is 0. The molecule has 4 aromatic rings. The van der Waals surface area contributed by atoms with Crippen molar-refractivity contribution in [1.29, 1.82) is 0 Å². The van der Waals surface area contributed by atoms with E-state index in [1.165, 1.54) is 12.1 Å². The van der Waals surface area contributed by atoms with Gasteiger partial charge in [-0.25, -0.2) is 0 Å². The summed E-state index contributed by atoms with van der Waals surface area (Å²) >= 11 is 0. The van der Waals surface area contributed by atoms with Gasteiger partial charge in [0, 0.05) is 35.2 Å². The van der Waals surface area contributed by atoms with E-state index < -0.39 is 18.0 Å². The van der Waals surface area contributed by atoms with Crippen LogP contribution in [-0.4, -0.2) is 21.4 Å². The molecular weight excluding hydrogens is 432 g/mol. The lowest BCUT2D eigenvalue weighted by Gasteiger charge is -2.31. The molecule has 3 N–H and O–H groups in total. The molecule has 0 radical (unpaired) electrons. The third kappa shape index (κ3) is 3.23. The summed E-state index contributed by atoms with van der Waals surface area (Å²) < 4.78 is 18.9. The van der Waals surface area contributed by atoms with Crippen molar-refractivity contribution in [2.75, 3.05) is 0 Å². The van der Waals surface area contributed by atoms with E-state index in [-0.39, 0.29) is 17.9 Å². The van der Waals surface area contributed by atoms with Gasteiger partial charge in [-0.15, -0.1) is 0 Å². The van der Waals surface area contributed by atoms with Crippen molar-refractivity contribution >= 4 is 0 Å². The number of aliphatic hydroxyl groups excluding tert-OH is 1. The average molecular weight is 454 g/mol. The number of hydrogen-bond donors (Lipinski definition) is 3. The Balaban J connectivity index is 1.38. The van der Waals surface area contributed by atoms with E-state index in [9.17, 15) is 15.3 Å². The Morgan fingerprint density at radius 1 is 0.706 bits per heavy atom. The van der Waals surface area contributed by atoms with Crippen molar-refractivity contribution in [3.05, 3.63) is 113 Å². The maximum Gasteiger partial charge on any atom is 0.305 e. The molecule has 2 heterocycles. The van der Waals surface area contributed by atoms with Gasteiger partial charge >= 0.3 is 5.79 Å². The largest absolute Gasteiger partial charge is 0.508 e. The molecule has 0 saturated carbocycles. The van der Waals surface area contributed by atoms with Crippen LogP contribution in [0.2, 0.25) is 0 Å². The Morgan fingerprint density at radius 3 is 2.03 bits per heavy atom. The molecule has 2 aliphatic heterocycles. The molecule has 6 rings (SSSR count). The highest BCUT2D eigenvalue weighted by molar-refractivity contribution is 5.54. The van der Waals surface area contributed by atoms with Gasteiger partial charge < -0.3 is 29.5 Å². The number of hydrogen-bond acceptors (Lipinski definition) is 6. The Kier molecular flexibility index (Phi) is 4.64. The second-order valence-electron chi connectivity index (χ2n) is 8.51. The number of benzene rings is 4. The minimum atomic E-state index is -1.14.